The molecule has 1 aliphatic heterocycles. The van der Waals surface area contributed by atoms with Crippen molar-refractivity contribution >= 4 is 44.3 Å². The van der Waals surface area contributed by atoms with Crippen LogP contribution < -0.4 is 9.64 Å². The molecule has 1 aromatic heterocycles. The van der Waals surface area contributed by atoms with E-state index in [4.69, 9.17) is 26.4 Å². The van der Waals surface area contributed by atoms with Crippen molar-refractivity contribution in [3.8, 4) is 5.75 Å². The van der Waals surface area contributed by atoms with Crippen molar-refractivity contribution in [1.29, 1.82) is 0 Å². The highest BCUT2D eigenvalue weighted by atomic mass is 35.5. The fourth-order valence-electron chi connectivity index (χ4n) is 3.66. The van der Waals surface area contributed by atoms with Crippen LogP contribution in [0, 0.1) is 5.92 Å². The highest BCUT2D eigenvalue weighted by Crippen LogP contribution is 2.33. The summed E-state index contributed by atoms with van der Waals surface area (Å²) >= 11 is 7.79. The zero-order valence-electron chi connectivity index (χ0n) is 16.0. The van der Waals surface area contributed by atoms with Gasteiger partial charge < -0.3 is 14.7 Å². The molecule has 1 N–H and O–H groups in total. The molecular weight excluding hydrogens is 408 g/mol. The molecule has 3 aromatic rings. The third-order valence-electron chi connectivity index (χ3n) is 5.30. The molecule has 152 valence electrons. The molecule has 1 fully saturated rings. The SMILES string of the molecule is O=C(O)Cc1ccc(OCCC2CCN(c3nc4ccc(Cl)cc4s3)CC2)cc1. The minimum Gasteiger partial charge on any atom is -0.494 e. The van der Waals surface area contributed by atoms with Crippen LogP contribution in [-0.4, -0.2) is 35.8 Å². The van der Waals surface area contributed by atoms with E-state index in [-0.39, 0.29) is 6.42 Å². The third-order valence-corrected chi connectivity index (χ3v) is 6.61. The van der Waals surface area contributed by atoms with E-state index in [9.17, 15) is 4.79 Å². The van der Waals surface area contributed by atoms with Gasteiger partial charge in [0.25, 0.3) is 0 Å². The van der Waals surface area contributed by atoms with Crippen molar-refractivity contribution in [3.63, 3.8) is 0 Å². The minimum atomic E-state index is -0.820. The molecule has 0 spiro atoms. The Labute approximate surface area is 178 Å². The number of rotatable bonds is 7. The first kappa shape index (κ1) is 20.0. The molecule has 2 aromatic carbocycles. The second kappa shape index (κ2) is 9.01. The van der Waals surface area contributed by atoms with Gasteiger partial charge in [0, 0.05) is 18.1 Å². The summed E-state index contributed by atoms with van der Waals surface area (Å²) in [6, 6.07) is 13.2. The molecular formula is C22H23ClN2O3S. The molecule has 29 heavy (non-hydrogen) atoms. The molecule has 4 rings (SSSR count). The third kappa shape index (κ3) is 5.19. The van der Waals surface area contributed by atoms with E-state index in [0.717, 1.165) is 64.0 Å². The van der Waals surface area contributed by atoms with Crippen molar-refractivity contribution in [2.45, 2.75) is 25.7 Å². The Balaban J connectivity index is 1.23. The van der Waals surface area contributed by atoms with E-state index in [1.54, 1.807) is 11.3 Å². The first-order chi connectivity index (χ1) is 14.1. The molecule has 0 bridgehead atoms. The Morgan fingerprint density at radius 3 is 2.69 bits per heavy atom. The predicted octanol–water partition coefficient (Wildman–Crippen LogP) is 5.26. The fourth-order valence-corrected chi connectivity index (χ4v) is 4.95. The van der Waals surface area contributed by atoms with Crippen LogP contribution in [-0.2, 0) is 11.2 Å². The van der Waals surface area contributed by atoms with Crippen molar-refractivity contribution in [3.05, 3.63) is 53.1 Å². The van der Waals surface area contributed by atoms with Crippen LogP contribution in [0.25, 0.3) is 10.2 Å². The number of ether oxygens (including phenoxy) is 1. The van der Waals surface area contributed by atoms with Gasteiger partial charge in [-0.25, -0.2) is 4.98 Å². The minimum absolute atomic E-state index is 0.0422. The second-order valence-electron chi connectivity index (χ2n) is 7.39. The molecule has 1 aliphatic rings. The number of aromatic nitrogens is 1. The van der Waals surface area contributed by atoms with Crippen molar-refractivity contribution in [2.75, 3.05) is 24.6 Å². The molecule has 0 amide bonds. The summed E-state index contributed by atoms with van der Waals surface area (Å²) in [6.07, 6.45) is 3.34. The van der Waals surface area contributed by atoms with Gasteiger partial charge in [-0.2, -0.15) is 0 Å². The van der Waals surface area contributed by atoms with Crippen LogP contribution >= 0.6 is 22.9 Å². The molecule has 0 aliphatic carbocycles. The highest BCUT2D eigenvalue weighted by molar-refractivity contribution is 7.22. The average molecular weight is 431 g/mol. The summed E-state index contributed by atoms with van der Waals surface area (Å²) in [5, 5.41) is 10.7. The van der Waals surface area contributed by atoms with Gasteiger partial charge in [-0.1, -0.05) is 35.1 Å². The Hall–Kier alpha value is -2.31. The van der Waals surface area contributed by atoms with E-state index in [2.05, 4.69) is 4.90 Å². The Kier molecular flexibility index (Phi) is 6.21. The molecule has 7 heteroatoms. The summed E-state index contributed by atoms with van der Waals surface area (Å²) in [5.41, 5.74) is 1.80. The Bertz CT molecular complexity index is 981. The van der Waals surface area contributed by atoms with E-state index in [1.807, 2.05) is 42.5 Å². The maximum atomic E-state index is 10.7. The number of fused-ring (bicyclic) bond motifs is 1. The molecule has 1 saturated heterocycles. The topological polar surface area (TPSA) is 62.7 Å². The summed E-state index contributed by atoms with van der Waals surface area (Å²) in [4.78, 5) is 17.9. The van der Waals surface area contributed by atoms with Crippen LogP contribution in [0.3, 0.4) is 0 Å². The molecule has 0 atom stereocenters. The van der Waals surface area contributed by atoms with Gasteiger partial charge in [-0.3, -0.25) is 4.79 Å². The number of halogens is 1. The summed E-state index contributed by atoms with van der Waals surface area (Å²) < 4.78 is 6.98. The highest BCUT2D eigenvalue weighted by Gasteiger charge is 2.21. The number of carbonyl (C=O) groups is 1. The lowest BCUT2D eigenvalue weighted by atomic mass is 9.94. The average Bonchev–Trinajstić information content (AvgIpc) is 3.12. The molecule has 0 unspecified atom stereocenters. The van der Waals surface area contributed by atoms with Crippen LogP contribution in [0.1, 0.15) is 24.8 Å². The first-order valence-corrected chi connectivity index (χ1v) is 11.0. The second-order valence-corrected chi connectivity index (χ2v) is 8.84. The number of carboxylic acids is 1. The van der Waals surface area contributed by atoms with E-state index in [0.29, 0.717) is 12.5 Å². The maximum absolute atomic E-state index is 10.7. The number of nitrogens with zero attached hydrogens (tertiary/aromatic N) is 2. The number of hydrogen-bond acceptors (Lipinski definition) is 5. The molecule has 2 heterocycles. The van der Waals surface area contributed by atoms with Gasteiger partial charge in [0.2, 0.25) is 0 Å². The van der Waals surface area contributed by atoms with E-state index < -0.39 is 5.97 Å². The monoisotopic (exact) mass is 430 g/mol. The number of hydrogen-bond donors (Lipinski definition) is 1. The van der Waals surface area contributed by atoms with Crippen LogP contribution in [0.15, 0.2) is 42.5 Å². The molecule has 0 radical (unpaired) electrons. The van der Waals surface area contributed by atoms with E-state index in [1.165, 1.54) is 0 Å². The van der Waals surface area contributed by atoms with Crippen molar-refractivity contribution in [2.24, 2.45) is 5.92 Å². The smallest absolute Gasteiger partial charge is 0.307 e. The number of piperidine rings is 1. The van der Waals surface area contributed by atoms with Crippen LogP contribution in [0.2, 0.25) is 5.02 Å². The number of benzene rings is 2. The lowest BCUT2D eigenvalue weighted by Crippen LogP contribution is -2.34. The number of thiazole rings is 1. The van der Waals surface area contributed by atoms with Crippen LogP contribution in [0.4, 0.5) is 5.13 Å². The number of anilines is 1. The summed E-state index contributed by atoms with van der Waals surface area (Å²) in [7, 11) is 0. The largest absolute Gasteiger partial charge is 0.494 e. The molecule has 5 nitrogen and oxygen atoms in total. The van der Waals surface area contributed by atoms with Gasteiger partial charge in [0.1, 0.15) is 5.75 Å². The Morgan fingerprint density at radius 1 is 1.21 bits per heavy atom. The number of aliphatic carboxylic acids is 1. The zero-order valence-corrected chi connectivity index (χ0v) is 17.6. The van der Waals surface area contributed by atoms with Crippen molar-refractivity contribution in [1.82, 2.24) is 4.98 Å². The Morgan fingerprint density at radius 2 is 1.97 bits per heavy atom. The van der Waals surface area contributed by atoms with Gasteiger partial charge in [0.15, 0.2) is 5.13 Å². The normalized spacial score (nSPS) is 15.0. The summed E-state index contributed by atoms with van der Waals surface area (Å²) in [5.74, 6) is 0.630. The van der Waals surface area contributed by atoms with Crippen LogP contribution in [0.5, 0.6) is 5.75 Å². The quantitative estimate of drug-likeness (QED) is 0.553. The van der Waals surface area contributed by atoms with Gasteiger partial charge in [-0.05, 0) is 61.1 Å². The van der Waals surface area contributed by atoms with E-state index >= 15 is 0 Å². The lowest BCUT2D eigenvalue weighted by Gasteiger charge is -2.31. The van der Waals surface area contributed by atoms with Gasteiger partial charge >= 0.3 is 5.97 Å². The lowest BCUT2D eigenvalue weighted by molar-refractivity contribution is -0.136. The van der Waals surface area contributed by atoms with Gasteiger partial charge in [-0.15, -0.1) is 0 Å². The number of carboxylic acid groups (broad SMARTS) is 1. The standard InChI is InChI=1S/C22H23ClN2O3S/c23-17-3-6-19-20(14-17)29-22(24-19)25-10-7-15(8-11-25)9-12-28-18-4-1-16(2-5-18)13-21(26)27/h1-6,14-15H,7-13H2,(H,26,27). The fraction of sp³-hybridized carbons (Fsp3) is 0.364. The molecule has 0 saturated carbocycles. The van der Waals surface area contributed by atoms with Crippen molar-refractivity contribution < 1.29 is 14.6 Å². The maximum Gasteiger partial charge on any atom is 0.307 e. The summed E-state index contributed by atoms with van der Waals surface area (Å²) in [6.45, 7) is 2.72. The first-order valence-electron chi connectivity index (χ1n) is 9.81. The zero-order chi connectivity index (χ0) is 20.2. The van der Waals surface area contributed by atoms with Gasteiger partial charge in [0.05, 0.1) is 23.2 Å². The predicted molar refractivity (Wildman–Crippen MR) is 117 cm³/mol.